The molecule has 1 aromatic heterocycles. The van der Waals surface area contributed by atoms with Crippen molar-refractivity contribution in [2.45, 2.75) is 17.3 Å². The van der Waals surface area contributed by atoms with E-state index in [4.69, 9.17) is 5.11 Å². The minimum Gasteiger partial charge on any atom is -0.392 e. The molecule has 20 heavy (non-hydrogen) atoms. The minimum absolute atomic E-state index is 0.0933. The molecule has 2 nitrogen and oxygen atoms in total. The molecule has 0 atom stereocenters. The Morgan fingerprint density at radius 2 is 1.90 bits per heavy atom. The largest absolute Gasteiger partial charge is 0.392 e. The van der Waals surface area contributed by atoms with E-state index < -0.39 is 0 Å². The maximum absolute atomic E-state index is 9.15. The number of thioether (sulfide) groups is 1. The molecule has 0 fully saturated rings. The summed E-state index contributed by atoms with van der Waals surface area (Å²) in [4.78, 5) is 5.51. The average molecular weight is 281 g/mol. The van der Waals surface area contributed by atoms with E-state index in [-0.39, 0.29) is 6.61 Å². The molecule has 0 bridgehead atoms. The Bertz CT molecular complexity index is 727. The second kappa shape index (κ2) is 6.07. The van der Waals surface area contributed by atoms with E-state index >= 15 is 0 Å². The van der Waals surface area contributed by atoms with Crippen LogP contribution >= 0.6 is 11.8 Å². The smallest absolute Gasteiger partial charge is 0.0702 e. The van der Waals surface area contributed by atoms with Gasteiger partial charge >= 0.3 is 0 Å². The molecule has 1 heterocycles. The molecule has 0 saturated carbocycles. The summed E-state index contributed by atoms with van der Waals surface area (Å²) in [6.45, 7) is 0.0933. The maximum Gasteiger partial charge on any atom is 0.0702 e. The zero-order chi connectivity index (χ0) is 13.8. The number of rotatable bonds is 4. The van der Waals surface area contributed by atoms with Gasteiger partial charge in [-0.15, -0.1) is 11.8 Å². The molecule has 0 spiro atoms. The van der Waals surface area contributed by atoms with Crippen molar-refractivity contribution in [3.8, 4) is 0 Å². The first kappa shape index (κ1) is 13.2. The van der Waals surface area contributed by atoms with Crippen molar-refractivity contribution in [2.24, 2.45) is 0 Å². The van der Waals surface area contributed by atoms with Gasteiger partial charge < -0.3 is 5.11 Å². The second-order valence-corrected chi connectivity index (χ2v) is 5.67. The fourth-order valence-corrected chi connectivity index (χ4v) is 3.04. The van der Waals surface area contributed by atoms with Crippen LogP contribution in [0.4, 0.5) is 0 Å². The Hall–Kier alpha value is -1.84. The molecule has 3 rings (SSSR count). The van der Waals surface area contributed by atoms with Crippen LogP contribution in [0, 0.1) is 0 Å². The van der Waals surface area contributed by atoms with Crippen LogP contribution in [0.5, 0.6) is 0 Å². The van der Waals surface area contributed by atoms with Crippen LogP contribution in [0.1, 0.15) is 11.1 Å². The van der Waals surface area contributed by atoms with Gasteiger partial charge in [-0.05, 0) is 41.5 Å². The van der Waals surface area contributed by atoms with Crippen LogP contribution in [0.3, 0.4) is 0 Å². The third-order valence-corrected chi connectivity index (χ3v) is 4.22. The Labute approximate surface area is 122 Å². The Morgan fingerprint density at radius 1 is 0.950 bits per heavy atom. The summed E-state index contributed by atoms with van der Waals surface area (Å²) >= 11 is 1.78. The highest BCUT2D eigenvalue weighted by Crippen LogP contribution is 2.25. The molecule has 3 heteroatoms. The van der Waals surface area contributed by atoms with E-state index in [2.05, 4.69) is 35.3 Å². The summed E-state index contributed by atoms with van der Waals surface area (Å²) < 4.78 is 0. The van der Waals surface area contributed by atoms with Crippen LogP contribution < -0.4 is 0 Å². The van der Waals surface area contributed by atoms with E-state index in [0.717, 1.165) is 16.8 Å². The maximum atomic E-state index is 9.15. The van der Waals surface area contributed by atoms with Gasteiger partial charge in [-0.3, -0.25) is 4.98 Å². The highest BCUT2D eigenvalue weighted by molar-refractivity contribution is 7.98. The number of hydrogen-bond donors (Lipinski definition) is 1. The number of aromatic nitrogens is 1. The highest BCUT2D eigenvalue weighted by atomic mass is 32.2. The second-order valence-electron chi connectivity index (χ2n) is 4.62. The Morgan fingerprint density at radius 3 is 2.80 bits per heavy atom. The molecule has 0 unspecified atom stereocenters. The molecule has 0 radical (unpaired) electrons. The molecular weight excluding hydrogens is 266 g/mol. The van der Waals surface area contributed by atoms with Gasteiger partial charge in [-0.2, -0.15) is 0 Å². The first-order chi connectivity index (χ1) is 9.85. The average Bonchev–Trinajstić information content (AvgIpc) is 2.53. The van der Waals surface area contributed by atoms with Gasteiger partial charge in [0, 0.05) is 22.2 Å². The third-order valence-electron chi connectivity index (χ3n) is 3.15. The summed E-state index contributed by atoms with van der Waals surface area (Å²) in [5.74, 6) is 0.916. The molecule has 1 N–H and O–H groups in total. The van der Waals surface area contributed by atoms with Crippen LogP contribution in [0.2, 0.25) is 0 Å². The van der Waals surface area contributed by atoms with Gasteiger partial charge in [0.05, 0.1) is 12.1 Å². The van der Waals surface area contributed by atoms with E-state index in [1.165, 1.54) is 15.8 Å². The van der Waals surface area contributed by atoms with E-state index in [0.29, 0.717) is 0 Å². The van der Waals surface area contributed by atoms with Crippen molar-refractivity contribution in [2.75, 3.05) is 0 Å². The number of aliphatic hydroxyl groups is 1. The van der Waals surface area contributed by atoms with Crippen LogP contribution in [0.25, 0.3) is 10.9 Å². The molecule has 100 valence electrons. The van der Waals surface area contributed by atoms with Gasteiger partial charge in [0.1, 0.15) is 0 Å². The standard InChI is InChI=1S/C17H15NOS/c19-11-13-3-1-5-16(10-13)20-12-14-6-7-17-15(9-14)4-2-8-18-17/h1-10,19H,11-12H2. The quantitative estimate of drug-likeness (QED) is 0.733. The number of fused-ring (bicyclic) bond motifs is 1. The lowest BCUT2D eigenvalue weighted by molar-refractivity contribution is 0.281. The van der Waals surface area contributed by atoms with Gasteiger partial charge in [0.2, 0.25) is 0 Å². The Balaban J connectivity index is 1.76. The predicted molar refractivity (Wildman–Crippen MR) is 83.7 cm³/mol. The van der Waals surface area contributed by atoms with Gasteiger partial charge in [0.25, 0.3) is 0 Å². The zero-order valence-corrected chi connectivity index (χ0v) is 11.8. The molecule has 0 aliphatic carbocycles. The normalized spacial score (nSPS) is 10.8. The molecule has 2 aromatic carbocycles. The molecule has 0 aliphatic heterocycles. The fraction of sp³-hybridized carbons (Fsp3) is 0.118. The number of hydrogen-bond acceptors (Lipinski definition) is 3. The number of pyridine rings is 1. The van der Waals surface area contributed by atoms with Gasteiger partial charge in [-0.25, -0.2) is 0 Å². The van der Waals surface area contributed by atoms with Gasteiger partial charge in [0.15, 0.2) is 0 Å². The lowest BCUT2D eigenvalue weighted by atomic mass is 10.1. The number of aliphatic hydroxyl groups excluding tert-OH is 1. The molecular formula is C17H15NOS. The van der Waals surface area contributed by atoms with Crippen molar-refractivity contribution < 1.29 is 5.11 Å². The first-order valence-corrected chi connectivity index (χ1v) is 7.50. The summed E-state index contributed by atoms with van der Waals surface area (Å²) in [5, 5.41) is 10.3. The van der Waals surface area contributed by atoms with Crippen molar-refractivity contribution in [1.82, 2.24) is 4.98 Å². The van der Waals surface area contributed by atoms with E-state index in [9.17, 15) is 0 Å². The van der Waals surface area contributed by atoms with E-state index in [1.54, 1.807) is 11.8 Å². The monoisotopic (exact) mass is 281 g/mol. The number of nitrogens with zero attached hydrogens (tertiary/aromatic N) is 1. The Kier molecular flexibility index (Phi) is 4.00. The first-order valence-electron chi connectivity index (χ1n) is 6.51. The summed E-state index contributed by atoms with van der Waals surface area (Å²) in [5.41, 5.74) is 3.27. The van der Waals surface area contributed by atoms with Crippen LogP contribution in [-0.4, -0.2) is 10.1 Å². The zero-order valence-electron chi connectivity index (χ0n) is 11.0. The van der Waals surface area contributed by atoms with Gasteiger partial charge in [-0.1, -0.05) is 24.3 Å². The van der Waals surface area contributed by atoms with Crippen molar-refractivity contribution in [3.05, 3.63) is 71.9 Å². The SMILES string of the molecule is OCc1cccc(SCc2ccc3ncccc3c2)c1. The third kappa shape index (κ3) is 3.00. The predicted octanol–water partition coefficient (Wildman–Crippen LogP) is 4.02. The number of benzene rings is 2. The van der Waals surface area contributed by atoms with Crippen molar-refractivity contribution >= 4 is 22.7 Å². The lowest BCUT2D eigenvalue weighted by Crippen LogP contribution is -1.85. The minimum atomic E-state index is 0.0933. The lowest BCUT2D eigenvalue weighted by Gasteiger charge is -2.05. The van der Waals surface area contributed by atoms with E-state index in [1.807, 2.05) is 30.5 Å². The summed E-state index contributed by atoms with van der Waals surface area (Å²) in [6.07, 6.45) is 1.82. The molecule has 0 amide bonds. The van der Waals surface area contributed by atoms with Crippen molar-refractivity contribution in [1.29, 1.82) is 0 Å². The molecule has 3 aromatic rings. The molecule has 0 aliphatic rings. The highest BCUT2D eigenvalue weighted by Gasteiger charge is 2.00. The molecule has 0 saturated heterocycles. The fourth-order valence-electron chi connectivity index (χ4n) is 2.12. The summed E-state index contributed by atoms with van der Waals surface area (Å²) in [6, 6.07) is 18.5. The summed E-state index contributed by atoms with van der Waals surface area (Å²) in [7, 11) is 0. The van der Waals surface area contributed by atoms with Crippen LogP contribution in [0.15, 0.2) is 65.7 Å². The van der Waals surface area contributed by atoms with Crippen LogP contribution in [-0.2, 0) is 12.4 Å². The van der Waals surface area contributed by atoms with Crippen molar-refractivity contribution in [3.63, 3.8) is 0 Å². The topological polar surface area (TPSA) is 33.1 Å².